The lowest BCUT2D eigenvalue weighted by atomic mass is 9.95. The van der Waals surface area contributed by atoms with Crippen molar-refractivity contribution < 1.29 is 4.74 Å². The van der Waals surface area contributed by atoms with E-state index in [9.17, 15) is 0 Å². The van der Waals surface area contributed by atoms with E-state index in [1.807, 2.05) is 18.2 Å². The van der Waals surface area contributed by atoms with E-state index in [1.165, 1.54) is 16.7 Å². The van der Waals surface area contributed by atoms with Gasteiger partial charge in [-0.1, -0.05) is 57.2 Å². The van der Waals surface area contributed by atoms with E-state index in [1.54, 1.807) is 0 Å². The summed E-state index contributed by atoms with van der Waals surface area (Å²) in [5, 5.41) is 0. The lowest BCUT2D eigenvalue weighted by Crippen LogP contribution is -1.99. The minimum Gasteiger partial charge on any atom is -0.489 e. The number of ether oxygens (including phenoxy) is 1. The summed E-state index contributed by atoms with van der Waals surface area (Å²) in [6.07, 6.45) is 1.05. The molecule has 1 nitrogen and oxygen atoms in total. The topological polar surface area (TPSA) is 9.23 Å². The number of rotatable bonds is 5. The minimum absolute atomic E-state index is 0.568. The number of hydrogen-bond acceptors (Lipinski definition) is 1. The zero-order chi connectivity index (χ0) is 13.7. The largest absolute Gasteiger partial charge is 0.489 e. The minimum atomic E-state index is 0.568. The van der Waals surface area contributed by atoms with Crippen LogP contribution in [0.1, 0.15) is 43.4 Å². The predicted octanol–water partition coefficient (Wildman–Crippen LogP) is 4.95. The Morgan fingerprint density at radius 1 is 1.00 bits per heavy atom. The third-order valence-corrected chi connectivity index (χ3v) is 3.37. The third-order valence-electron chi connectivity index (χ3n) is 3.37. The molecule has 100 valence electrons. The highest BCUT2D eigenvalue weighted by molar-refractivity contribution is 5.37. The van der Waals surface area contributed by atoms with Crippen LogP contribution in [0.4, 0.5) is 0 Å². The van der Waals surface area contributed by atoms with E-state index in [-0.39, 0.29) is 0 Å². The van der Waals surface area contributed by atoms with Crippen molar-refractivity contribution in [1.29, 1.82) is 0 Å². The van der Waals surface area contributed by atoms with Gasteiger partial charge in [0.15, 0.2) is 0 Å². The molecule has 0 spiro atoms. The SMILES string of the molecule is CCc1cc(OCc2ccccc2)ccc1C(C)C. The van der Waals surface area contributed by atoms with Gasteiger partial charge < -0.3 is 4.74 Å². The molecule has 0 aliphatic heterocycles. The normalized spacial score (nSPS) is 10.7. The zero-order valence-corrected chi connectivity index (χ0v) is 12.0. The van der Waals surface area contributed by atoms with Crippen molar-refractivity contribution in [1.82, 2.24) is 0 Å². The first-order chi connectivity index (χ1) is 9.20. The van der Waals surface area contributed by atoms with Gasteiger partial charge in [0, 0.05) is 0 Å². The Balaban J connectivity index is 2.09. The van der Waals surface area contributed by atoms with Gasteiger partial charge in [-0.15, -0.1) is 0 Å². The van der Waals surface area contributed by atoms with Crippen molar-refractivity contribution in [2.24, 2.45) is 0 Å². The monoisotopic (exact) mass is 254 g/mol. The Hall–Kier alpha value is -1.76. The molecular weight excluding hydrogens is 232 g/mol. The van der Waals surface area contributed by atoms with Crippen molar-refractivity contribution in [3.63, 3.8) is 0 Å². The second kappa shape index (κ2) is 6.42. The Morgan fingerprint density at radius 2 is 1.74 bits per heavy atom. The van der Waals surface area contributed by atoms with Crippen LogP contribution < -0.4 is 4.74 Å². The molecule has 0 bridgehead atoms. The molecule has 0 unspecified atom stereocenters. The number of hydrogen-bond donors (Lipinski definition) is 0. The smallest absolute Gasteiger partial charge is 0.120 e. The maximum atomic E-state index is 5.87. The molecule has 2 aromatic rings. The zero-order valence-electron chi connectivity index (χ0n) is 12.0. The van der Waals surface area contributed by atoms with Crippen molar-refractivity contribution in [3.8, 4) is 5.75 Å². The van der Waals surface area contributed by atoms with Gasteiger partial charge in [0.1, 0.15) is 12.4 Å². The first-order valence-corrected chi connectivity index (χ1v) is 7.00. The Kier molecular flexibility index (Phi) is 4.62. The molecule has 0 aliphatic rings. The van der Waals surface area contributed by atoms with E-state index in [4.69, 9.17) is 4.74 Å². The van der Waals surface area contributed by atoms with E-state index in [0.717, 1.165) is 12.2 Å². The van der Waals surface area contributed by atoms with Gasteiger partial charge in [-0.05, 0) is 41.2 Å². The average Bonchev–Trinajstić information content (AvgIpc) is 2.45. The molecule has 0 saturated carbocycles. The van der Waals surface area contributed by atoms with E-state index in [0.29, 0.717) is 12.5 Å². The van der Waals surface area contributed by atoms with Crippen LogP contribution in [0.15, 0.2) is 48.5 Å². The van der Waals surface area contributed by atoms with E-state index in [2.05, 4.69) is 51.1 Å². The summed E-state index contributed by atoms with van der Waals surface area (Å²) in [5.74, 6) is 1.53. The molecule has 1 heteroatoms. The summed E-state index contributed by atoms with van der Waals surface area (Å²) in [7, 11) is 0. The van der Waals surface area contributed by atoms with Crippen molar-refractivity contribution >= 4 is 0 Å². The van der Waals surface area contributed by atoms with E-state index >= 15 is 0 Å². The Labute approximate surface area is 116 Å². The average molecular weight is 254 g/mol. The fraction of sp³-hybridized carbons (Fsp3) is 0.333. The van der Waals surface area contributed by atoms with Crippen LogP contribution in [0.5, 0.6) is 5.75 Å². The lowest BCUT2D eigenvalue weighted by Gasteiger charge is -2.14. The molecule has 0 amide bonds. The van der Waals surface area contributed by atoms with Crippen LogP contribution in [0.2, 0.25) is 0 Å². The molecular formula is C18H22O. The van der Waals surface area contributed by atoms with Gasteiger partial charge in [-0.25, -0.2) is 0 Å². The highest BCUT2D eigenvalue weighted by atomic mass is 16.5. The summed E-state index contributed by atoms with van der Waals surface area (Å²) in [5.41, 5.74) is 4.02. The maximum absolute atomic E-state index is 5.87. The van der Waals surface area contributed by atoms with Crippen LogP contribution in [-0.4, -0.2) is 0 Å². The van der Waals surface area contributed by atoms with Crippen LogP contribution in [0.3, 0.4) is 0 Å². The van der Waals surface area contributed by atoms with Gasteiger partial charge in [0.05, 0.1) is 0 Å². The van der Waals surface area contributed by atoms with Crippen LogP contribution in [0.25, 0.3) is 0 Å². The first kappa shape index (κ1) is 13.7. The summed E-state index contributed by atoms with van der Waals surface area (Å²) in [4.78, 5) is 0. The van der Waals surface area contributed by atoms with Crippen molar-refractivity contribution in [2.75, 3.05) is 0 Å². The van der Waals surface area contributed by atoms with Crippen LogP contribution >= 0.6 is 0 Å². The molecule has 0 radical (unpaired) electrons. The summed E-state index contributed by atoms with van der Waals surface area (Å²) in [6, 6.07) is 16.7. The fourth-order valence-corrected chi connectivity index (χ4v) is 2.28. The summed E-state index contributed by atoms with van der Waals surface area (Å²) in [6.45, 7) is 7.30. The van der Waals surface area contributed by atoms with Gasteiger partial charge in [0.2, 0.25) is 0 Å². The van der Waals surface area contributed by atoms with Gasteiger partial charge >= 0.3 is 0 Å². The molecule has 0 saturated heterocycles. The second-order valence-electron chi connectivity index (χ2n) is 5.14. The standard InChI is InChI=1S/C18H22O/c1-4-16-12-17(10-11-18(16)14(2)3)19-13-15-8-6-5-7-9-15/h5-12,14H,4,13H2,1-3H3. The van der Waals surface area contributed by atoms with Crippen LogP contribution in [0, 0.1) is 0 Å². The van der Waals surface area contributed by atoms with Crippen LogP contribution in [-0.2, 0) is 13.0 Å². The quantitative estimate of drug-likeness (QED) is 0.733. The summed E-state index contributed by atoms with van der Waals surface area (Å²) >= 11 is 0. The molecule has 0 heterocycles. The van der Waals surface area contributed by atoms with Gasteiger partial charge in [-0.3, -0.25) is 0 Å². The third kappa shape index (κ3) is 3.60. The molecule has 0 aromatic heterocycles. The molecule has 0 N–H and O–H groups in total. The lowest BCUT2D eigenvalue weighted by molar-refractivity contribution is 0.306. The maximum Gasteiger partial charge on any atom is 0.120 e. The molecule has 0 aliphatic carbocycles. The molecule has 0 fully saturated rings. The predicted molar refractivity (Wildman–Crippen MR) is 80.7 cm³/mol. The number of benzene rings is 2. The first-order valence-electron chi connectivity index (χ1n) is 7.00. The molecule has 0 atom stereocenters. The van der Waals surface area contributed by atoms with Crippen molar-refractivity contribution in [3.05, 3.63) is 65.2 Å². The van der Waals surface area contributed by atoms with Crippen molar-refractivity contribution in [2.45, 2.75) is 39.7 Å². The van der Waals surface area contributed by atoms with Gasteiger partial charge in [0.25, 0.3) is 0 Å². The van der Waals surface area contributed by atoms with E-state index < -0.39 is 0 Å². The highest BCUT2D eigenvalue weighted by Gasteiger charge is 2.06. The van der Waals surface area contributed by atoms with Gasteiger partial charge in [-0.2, -0.15) is 0 Å². The molecule has 19 heavy (non-hydrogen) atoms. The Morgan fingerprint density at radius 3 is 2.37 bits per heavy atom. The fourth-order valence-electron chi connectivity index (χ4n) is 2.28. The summed E-state index contributed by atoms with van der Waals surface area (Å²) < 4.78 is 5.87. The second-order valence-corrected chi connectivity index (χ2v) is 5.14. The number of aryl methyl sites for hydroxylation is 1. The molecule has 2 rings (SSSR count). The Bertz CT molecular complexity index is 514. The highest BCUT2D eigenvalue weighted by Crippen LogP contribution is 2.25. The molecule has 2 aromatic carbocycles.